The normalized spacial score (nSPS) is 16.3. The van der Waals surface area contributed by atoms with E-state index in [0.29, 0.717) is 24.3 Å². The number of amides is 2. The van der Waals surface area contributed by atoms with Crippen LogP contribution in [0.2, 0.25) is 0 Å². The first kappa shape index (κ1) is 17.3. The number of carbonyl (C=O) groups is 3. The fourth-order valence-electron chi connectivity index (χ4n) is 2.21. The highest BCUT2D eigenvalue weighted by Crippen LogP contribution is 2.35. The second-order valence-corrected chi connectivity index (χ2v) is 6.49. The van der Waals surface area contributed by atoms with Crippen molar-refractivity contribution in [1.82, 2.24) is 4.90 Å². The summed E-state index contributed by atoms with van der Waals surface area (Å²) in [5.74, 6) is -0.894. The van der Waals surface area contributed by atoms with E-state index in [0.717, 1.165) is 4.90 Å². The lowest BCUT2D eigenvalue weighted by Crippen LogP contribution is -2.34. The smallest absolute Gasteiger partial charge is 0.338 e. The minimum Gasteiger partial charge on any atom is -0.452 e. The van der Waals surface area contributed by atoms with Gasteiger partial charge in [-0.1, -0.05) is 0 Å². The van der Waals surface area contributed by atoms with Gasteiger partial charge in [-0.05, 0) is 39.0 Å². The maximum absolute atomic E-state index is 12.1. The highest BCUT2D eigenvalue weighted by Gasteiger charge is 2.24. The lowest BCUT2D eigenvalue weighted by atomic mass is 10.2. The van der Waals surface area contributed by atoms with Crippen molar-refractivity contribution in [2.75, 3.05) is 25.0 Å². The Hall–Kier alpha value is -2.02. The first-order chi connectivity index (χ1) is 11.0. The minimum absolute atomic E-state index is 0.0928. The molecule has 1 heterocycles. The van der Waals surface area contributed by atoms with E-state index in [9.17, 15) is 14.4 Å². The molecule has 1 aliphatic rings. The molecule has 1 aliphatic heterocycles. The van der Waals surface area contributed by atoms with Crippen molar-refractivity contribution in [1.29, 1.82) is 0 Å². The molecule has 0 radical (unpaired) electrons. The van der Waals surface area contributed by atoms with Gasteiger partial charge in [0.2, 0.25) is 5.91 Å². The number of nitrogens with zero attached hydrogens (tertiary/aromatic N) is 1. The number of benzene rings is 1. The van der Waals surface area contributed by atoms with E-state index >= 15 is 0 Å². The predicted octanol–water partition coefficient (Wildman–Crippen LogP) is 2.14. The van der Waals surface area contributed by atoms with Crippen LogP contribution in [0.25, 0.3) is 0 Å². The summed E-state index contributed by atoms with van der Waals surface area (Å²) in [5.41, 5.74) is 0.911. The maximum Gasteiger partial charge on any atom is 0.338 e. The Morgan fingerprint density at radius 1 is 1.30 bits per heavy atom. The summed E-state index contributed by atoms with van der Waals surface area (Å²) in [5, 5.41) is 2.60. The Morgan fingerprint density at radius 3 is 2.65 bits per heavy atom. The number of likely N-dealkylation sites (N-methyl/N-ethyl adjacent to an activating group) is 1. The highest BCUT2D eigenvalue weighted by atomic mass is 32.2. The van der Waals surface area contributed by atoms with Crippen LogP contribution in [-0.2, 0) is 14.3 Å². The molecule has 7 heteroatoms. The number of fused-ring (bicyclic) bond motifs is 1. The van der Waals surface area contributed by atoms with Gasteiger partial charge in [-0.15, -0.1) is 11.8 Å². The molecule has 0 saturated heterocycles. The third-order valence-electron chi connectivity index (χ3n) is 3.59. The van der Waals surface area contributed by atoms with Gasteiger partial charge in [0.05, 0.1) is 16.5 Å². The number of hydrogen-bond acceptors (Lipinski definition) is 5. The monoisotopic (exact) mass is 336 g/mol. The van der Waals surface area contributed by atoms with Crippen molar-refractivity contribution in [3.63, 3.8) is 0 Å². The summed E-state index contributed by atoms with van der Waals surface area (Å²) in [6.07, 6.45) is 0. The van der Waals surface area contributed by atoms with Crippen molar-refractivity contribution in [2.45, 2.75) is 30.9 Å². The first-order valence-electron chi connectivity index (χ1n) is 7.52. The largest absolute Gasteiger partial charge is 0.452 e. The molecular weight excluding hydrogens is 316 g/mol. The quantitative estimate of drug-likeness (QED) is 0.834. The van der Waals surface area contributed by atoms with E-state index in [4.69, 9.17) is 4.74 Å². The van der Waals surface area contributed by atoms with Crippen LogP contribution in [0.1, 0.15) is 31.1 Å². The van der Waals surface area contributed by atoms with Gasteiger partial charge in [-0.2, -0.15) is 0 Å². The predicted molar refractivity (Wildman–Crippen MR) is 88.6 cm³/mol. The molecule has 0 aromatic heterocycles. The highest BCUT2D eigenvalue weighted by molar-refractivity contribution is 8.00. The second-order valence-electron chi connectivity index (χ2n) is 5.10. The maximum atomic E-state index is 12.1. The topological polar surface area (TPSA) is 75.7 Å². The van der Waals surface area contributed by atoms with Crippen molar-refractivity contribution < 1.29 is 19.1 Å². The summed E-state index contributed by atoms with van der Waals surface area (Å²) >= 11 is 1.44. The third kappa shape index (κ3) is 4.04. The molecule has 6 nitrogen and oxygen atoms in total. The zero-order chi connectivity index (χ0) is 17.0. The molecule has 0 fully saturated rings. The Labute approximate surface area is 139 Å². The van der Waals surface area contributed by atoms with Gasteiger partial charge in [-0.3, -0.25) is 9.59 Å². The number of esters is 1. The standard InChI is InChI=1S/C16H20N2O4S/c1-4-18(5-2)14(19)9-22-16(21)11-6-7-13-12(8-11)17-15(20)10(3)23-13/h6-8,10H,4-5,9H2,1-3H3,(H,17,20). The number of anilines is 1. The van der Waals surface area contributed by atoms with E-state index in [-0.39, 0.29) is 23.7 Å². The molecule has 0 bridgehead atoms. The molecule has 1 unspecified atom stereocenters. The van der Waals surface area contributed by atoms with Crippen molar-refractivity contribution >= 4 is 35.2 Å². The Bertz CT molecular complexity index is 629. The SMILES string of the molecule is CCN(CC)C(=O)COC(=O)c1ccc2c(c1)NC(=O)C(C)S2. The molecule has 0 aliphatic carbocycles. The number of rotatable bonds is 5. The van der Waals surface area contributed by atoms with Gasteiger partial charge in [0.25, 0.3) is 5.91 Å². The zero-order valence-electron chi connectivity index (χ0n) is 13.4. The lowest BCUT2D eigenvalue weighted by Gasteiger charge is -2.21. The number of thioether (sulfide) groups is 1. The van der Waals surface area contributed by atoms with Gasteiger partial charge >= 0.3 is 5.97 Å². The van der Waals surface area contributed by atoms with Crippen LogP contribution in [0, 0.1) is 0 Å². The van der Waals surface area contributed by atoms with Crippen molar-refractivity contribution in [3.05, 3.63) is 23.8 Å². The average Bonchev–Trinajstić information content (AvgIpc) is 2.54. The summed E-state index contributed by atoms with van der Waals surface area (Å²) < 4.78 is 5.06. The number of carbonyl (C=O) groups excluding carboxylic acids is 3. The average molecular weight is 336 g/mol. The third-order valence-corrected chi connectivity index (χ3v) is 4.77. The molecule has 124 valence electrons. The van der Waals surface area contributed by atoms with Crippen molar-refractivity contribution in [3.8, 4) is 0 Å². The molecule has 1 aromatic rings. The molecule has 0 spiro atoms. The molecule has 0 saturated carbocycles. The Morgan fingerprint density at radius 2 is 2.00 bits per heavy atom. The van der Waals surface area contributed by atoms with Crippen LogP contribution in [0.5, 0.6) is 0 Å². The summed E-state index contributed by atoms with van der Waals surface area (Å²) in [6, 6.07) is 5.00. The van der Waals surface area contributed by atoms with Gasteiger partial charge in [0, 0.05) is 18.0 Å². The molecule has 2 rings (SSSR count). The molecule has 23 heavy (non-hydrogen) atoms. The van der Waals surface area contributed by atoms with Gasteiger partial charge in [-0.25, -0.2) is 4.79 Å². The Kier molecular flexibility index (Phi) is 5.65. The molecular formula is C16H20N2O4S. The lowest BCUT2D eigenvalue weighted by molar-refractivity contribution is -0.134. The van der Waals surface area contributed by atoms with Crippen LogP contribution in [-0.4, -0.2) is 47.6 Å². The van der Waals surface area contributed by atoms with Crippen LogP contribution in [0.4, 0.5) is 5.69 Å². The summed E-state index contributed by atoms with van der Waals surface area (Å²) in [7, 11) is 0. The fraction of sp³-hybridized carbons (Fsp3) is 0.438. The van der Waals surface area contributed by atoms with Gasteiger partial charge < -0.3 is 15.0 Å². The Balaban J connectivity index is 2.02. The van der Waals surface area contributed by atoms with E-state index in [1.165, 1.54) is 11.8 Å². The van der Waals surface area contributed by atoms with Crippen LogP contribution in [0.15, 0.2) is 23.1 Å². The summed E-state index contributed by atoms with van der Waals surface area (Å²) in [4.78, 5) is 38.1. The molecule has 1 N–H and O–H groups in total. The second kappa shape index (κ2) is 7.50. The van der Waals surface area contributed by atoms with E-state index < -0.39 is 5.97 Å². The zero-order valence-corrected chi connectivity index (χ0v) is 14.2. The van der Waals surface area contributed by atoms with E-state index in [1.54, 1.807) is 23.1 Å². The fourth-order valence-corrected chi connectivity index (χ4v) is 3.14. The van der Waals surface area contributed by atoms with Crippen LogP contribution in [0.3, 0.4) is 0 Å². The molecule has 2 amide bonds. The number of ether oxygens (including phenoxy) is 1. The van der Waals surface area contributed by atoms with Crippen LogP contribution < -0.4 is 5.32 Å². The number of hydrogen-bond donors (Lipinski definition) is 1. The molecule has 1 aromatic carbocycles. The molecule has 1 atom stereocenters. The van der Waals surface area contributed by atoms with Crippen molar-refractivity contribution in [2.24, 2.45) is 0 Å². The van der Waals surface area contributed by atoms with Gasteiger partial charge in [0.1, 0.15) is 0 Å². The number of nitrogens with one attached hydrogen (secondary N) is 1. The van der Waals surface area contributed by atoms with E-state index in [1.807, 2.05) is 20.8 Å². The minimum atomic E-state index is -0.578. The first-order valence-corrected chi connectivity index (χ1v) is 8.40. The van der Waals surface area contributed by atoms with E-state index in [2.05, 4.69) is 5.32 Å². The summed E-state index contributed by atoms with van der Waals surface area (Å²) in [6.45, 7) is 6.43. The van der Waals surface area contributed by atoms with Crippen LogP contribution >= 0.6 is 11.8 Å². The van der Waals surface area contributed by atoms with Gasteiger partial charge in [0.15, 0.2) is 6.61 Å².